The van der Waals surface area contributed by atoms with E-state index in [0.717, 1.165) is 12.8 Å². The molecular weight excluding hydrogens is 335 g/mol. The van der Waals surface area contributed by atoms with E-state index in [0.29, 0.717) is 10.0 Å². The van der Waals surface area contributed by atoms with Crippen LogP contribution in [0, 0.1) is 5.82 Å². The van der Waals surface area contributed by atoms with Gasteiger partial charge in [0.1, 0.15) is 0 Å². The number of carbonyl (C=O) groups is 1. The Kier molecular flexibility index (Phi) is 5.51. The Balaban J connectivity index is 1.98. The minimum Gasteiger partial charge on any atom is -0.482 e. The van der Waals surface area contributed by atoms with E-state index in [1.54, 1.807) is 18.2 Å². The number of benzene rings is 2. The zero-order chi connectivity index (χ0) is 15.2. The van der Waals surface area contributed by atoms with E-state index in [2.05, 4.69) is 22.9 Å². The predicted molar refractivity (Wildman–Crippen MR) is 84.4 cm³/mol. The van der Waals surface area contributed by atoms with Gasteiger partial charge in [0.05, 0.1) is 0 Å². The third-order valence-corrected chi connectivity index (χ3v) is 3.56. The van der Waals surface area contributed by atoms with E-state index < -0.39 is 5.82 Å². The summed E-state index contributed by atoms with van der Waals surface area (Å²) in [6.45, 7) is 1.94. The highest BCUT2D eigenvalue weighted by Crippen LogP contribution is 2.21. The molecule has 2 nitrogen and oxygen atoms in total. The number of rotatable bonds is 6. The third-order valence-electron chi connectivity index (χ3n) is 3.07. The number of aryl methyl sites for hydroxylation is 1. The molecule has 2 aromatic rings. The van der Waals surface area contributed by atoms with Crippen molar-refractivity contribution in [3.8, 4) is 5.75 Å². The second kappa shape index (κ2) is 7.36. The summed E-state index contributed by atoms with van der Waals surface area (Å²) in [6.07, 6.45) is 2.06. The quantitative estimate of drug-likeness (QED) is 0.699. The number of hydrogen-bond donors (Lipinski definition) is 0. The van der Waals surface area contributed by atoms with Gasteiger partial charge in [-0.3, -0.25) is 4.79 Å². The first-order valence-corrected chi connectivity index (χ1v) is 7.59. The SMILES string of the molecule is CCCc1ccc(C(=O)COc2ccc(Br)cc2F)cc1. The molecule has 2 rings (SSSR count). The minimum atomic E-state index is -0.490. The fraction of sp³-hybridized carbons (Fsp3) is 0.235. The number of ether oxygens (including phenoxy) is 1. The lowest BCUT2D eigenvalue weighted by Crippen LogP contribution is -2.12. The van der Waals surface area contributed by atoms with E-state index in [1.807, 2.05) is 12.1 Å². The minimum absolute atomic E-state index is 0.0779. The Labute approximate surface area is 132 Å². The van der Waals surface area contributed by atoms with Gasteiger partial charge < -0.3 is 4.74 Å². The summed E-state index contributed by atoms with van der Waals surface area (Å²) in [6, 6.07) is 11.9. The van der Waals surface area contributed by atoms with Gasteiger partial charge in [0, 0.05) is 10.0 Å². The maximum absolute atomic E-state index is 13.6. The van der Waals surface area contributed by atoms with Gasteiger partial charge in [-0.25, -0.2) is 4.39 Å². The lowest BCUT2D eigenvalue weighted by Gasteiger charge is -2.07. The van der Waals surface area contributed by atoms with Gasteiger partial charge in [-0.15, -0.1) is 0 Å². The van der Waals surface area contributed by atoms with Crippen LogP contribution in [0.15, 0.2) is 46.9 Å². The van der Waals surface area contributed by atoms with E-state index in [-0.39, 0.29) is 18.1 Å². The molecule has 0 saturated heterocycles. The van der Waals surface area contributed by atoms with Crippen molar-refractivity contribution in [2.24, 2.45) is 0 Å². The fourth-order valence-electron chi connectivity index (χ4n) is 1.96. The van der Waals surface area contributed by atoms with Crippen LogP contribution in [0.4, 0.5) is 4.39 Å². The van der Waals surface area contributed by atoms with Gasteiger partial charge >= 0.3 is 0 Å². The maximum Gasteiger partial charge on any atom is 0.200 e. The van der Waals surface area contributed by atoms with Crippen molar-refractivity contribution in [1.82, 2.24) is 0 Å². The molecule has 0 aromatic heterocycles. The molecule has 0 aliphatic rings. The Morgan fingerprint density at radius 3 is 2.52 bits per heavy atom. The number of carbonyl (C=O) groups excluding carboxylic acids is 1. The third kappa shape index (κ3) is 4.39. The van der Waals surface area contributed by atoms with Crippen LogP contribution in [0.25, 0.3) is 0 Å². The van der Waals surface area contributed by atoms with Crippen LogP contribution in [-0.2, 0) is 6.42 Å². The van der Waals surface area contributed by atoms with Gasteiger partial charge in [-0.1, -0.05) is 53.5 Å². The molecule has 0 heterocycles. The number of Topliss-reactive ketones (excluding diaryl/α,β-unsaturated/α-hetero) is 1. The lowest BCUT2D eigenvalue weighted by atomic mass is 10.1. The second-order valence-corrected chi connectivity index (χ2v) is 5.65. The maximum atomic E-state index is 13.6. The van der Waals surface area contributed by atoms with Crippen molar-refractivity contribution >= 4 is 21.7 Å². The van der Waals surface area contributed by atoms with Crippen LogP contribution >= 0.6 is 15.9 Å². The van der Waals surface area contributed by atoms with E-state index in [9.17, 15) is 9.18 Å². The molecular formula is C17H16BrFO2. The molecule has 0 radical (unpaired) electrons. The van der Waals surface area contributed by atoms with Crippen molar-refractivity contribution in [2.45, 2.75) is 19.8 Å². The number of halogens is 2. The Morgan fingerprint density at radius 2 is 1.90 bits per heavy atom. The van der Waals surface area contributed by atoms with Crippen molar-refractivity contribution in [1.29, 1.82) is 0 Å². The van der Waals surface area contributed by atoms with Crippen molar-refractivity contribution in [3.63, 3.8) is 0 Å². The molecule has 4 heteroatoms. The molecule has 0 aliphatic heterocycles. The zero-order valence-electron chi connectivity index (χ0n) is 11.7. The first-order valence-electron chi connectivity index (χ1n) is 6.80. The molecule has 0 saturated carbocycles. The van der Waals surface area contributed by atoms with Gasteiger partial charge in [-0.2, -0.15) is 0 Å². The molecule has 0 amide bonds. The van der Waals surface area contributed by atoms with Crippen LogP contribution in [0.5, 0.6) is 5.75 Å². The number of hydrogen-bond acceptors (Lipinski definition) is 2. The van der Waals surface area contributed by atoms with Gasteiger partial charge in [0.15, 0.2) is 24.0 Å². The molecule has 0 spiro atoms. The molecule has 0 unspecified atom stereocenters. The summed E-state index contributed by atoms with van der Waals surface area (Å²) in [5, 5.41) is 0. The summed E-state index contributed by atoms with van der Waals surface area (Å²) in [5.41, 5.74) is 1.78. The normalized spacial score (nSPS) is 10.4. The van der Waals surface area contributed by atoms with Crippen LogP contribution in [0.1, 0.15) is 29.3 Å². The van der Waals surface area contributed by atoms with Gasteiger partial charge in [-0.05, 0) is 30.2 Å². The van der Waals surface area contributed by atoms with Gasteiger partial charge in [0.25, 0.3) is 0 Å². The average Bonchev–Trinajstić information content (AvgIpc) is 2.47. The molecule has 0 fully saturated rings. The monoisotopic (exact) mass is 350 g/mol. The highest BCUT2D eigenvalue weighted by atomic mass is 79.9. The molecule has 21 heavy (non-hydrogen) atoms. The fourth-order valence-corrected chi connectivity index (χ4v) is 2.30. The summed E-state index contributed by atoms with van der Waals surface area (Å²) in [5.74, 6) is -0.579. The predicted octanol–water partition coefficient (Wildman–Crippen LogP) is 4.80. The Bertz CT molecular complexity index is 623. The van der Waals surface area contributed by atoms with E-state index in [1.165, 1.54) is 17.7 Å². The smallest absolute Gasteiger partial charge is 0.200 e. The molecule has 0 aliphatic carbocycles. The lowest BCUT2D eigenvalue weighted by molar-refractivity contribution is 0.0919. The zero-order valence-corrected chi connectivity index (χ0v) is 13.3. The first-order chi connectivity index (χ1) is 10.1. The van der Waals surface area contributed by atoms with Crippen molar-refractivity contribution in [3.05, 3.63) is 63.9 Å². The summed E-state index contributed by atoms with van der Waals surface area (Å²) < 4.78 is 19.4. The highest BCUT2D eigenvalue weighted by Gasteiger charge is 2.09. The van der Waals surface area contributed by atoms with Crippen LogP contribution in [0.3, 0.4) is 0 Å². The molecule has 0 atom stereocenters. The first kappa shape index (κ1) is 15.7. The topological polar surface area (TPSA) is 26.3 Å². The average molecular weight is 351 g/mol. The van der Waals surface area contributed by atoms with Crippen molar-refractivity contribution in [2.75, 3.05) is 6.61 Å². The summed E-state index contributed by atoms with van der Waals surface area (Å²) in [7, 11) is 0. The second-order valence-electron chi connectivity index (χ2n) is 4.73. The molecule has 0 bridgehead atoms. The largest absolute Gasteiger partial charge is 0.482 e. The van der Waals surface area contributed by atoms with Crippen LogP contribution in [-0.4, -0.2) is 12.4 Å². The van der Waals surface area contributed by atoms with Crippen LogP contribution < -0.4 is 4.74 Å². The van der Waals surface area contributed by atoms with Gasteiger partial charge in [0.2, 0.25) is 0 Å². The van der Waals surface area contributed by atoms with E-state index >= 15 is 0 Å². The highest BCUT2D eigenvalue weighted by molar-refractivity contribution is 9.10. The Hall–Kier alpha value is -1.68. The molecule has 110 valence electrons. The Morgan fingerprint density at radius 1 is 1.19 bits per heavy atom. The van der Waals surface area contributed by atoms with Crippen molar-refractivity contribution < 1.29 is 13.9 Å². The van der Waals surface area contributed by atoms with E-state index in [4.69, 9.17) is 4.74 Å². The summed E-state index contributed by atoms with van der Waals surface area (Å²) >= 11 is 3.17. The number of ketones is 1. The molecule has 2 aromatic carbocycles. The van der Waals surface area contributed by atoms with Crippen LogP contribution in [0.2, 0.25) is 0 Å². The summed E-state index contributed by atoms with van der Waals surface area (Å²) in [4.78, 5) is 12.0. The molecule has 0 N–H and O–H groups in total. The standard InChI is InChI=1S/C17H16BrFO2/c1-2-3-12-4-6-13(7-5-12)16(20)11-21-17-9-8-14(18)10-15(17)19/h4-10H,2-3,11H2,1H3.